The quantitative estimate of drug-likeness (QED) is 0.493. The summed E-state index contributed by atoms with van der Waals surface area (Å²) in [6.45, 7) is 3.22. The monoisotopic (exact) mass is 370 g/mol. The fraction of sp³-hybridized carbons (Fsp3) is 0.368. The molecule has 0 saturated carbocycles. The number of carbonyl (C=O) groups excluding carboxylic acids is 4. The van der Waals surface area contributed by atoms with Crippen molar-refractivity contribution in [3.05, 3.63) is 29.8 Å². The highest BCUT2D eigenvalue weighted by Crippen LogP contribution is 2.25. The molecule has 0 aromatic heterocycles. The summed E-state index contributed by atoms with van der Waals surface area (Å²) in [6, 6.07) is 5.79. The third-order valence-electron chi connectivity index (χ3n) is 4.55. The maximum absolute atomic E-state index is 12.6. The largest absolute Gasteiger partial charge is 0.341 e. The molecule has 2 rings (SSSR count). The van der Waals surface area contributed by atoms with Crippen molar-refractivity contribution >= 4 is 29.4 Å². The van der Waals surface area contributed by atoms with Crippen LogP contribution in [0.5, 0.6) is 0 Å². The second kappa shape index (κ2) is 8.36. The number of urea groups is 1. The van der Waals surface area contributed by atoms with Crippen molar-refractivity contribution in [1.29, 1.82) is 0 Å². The van der Waals surface area contributed by atoms with Crippen molar-refractivity contribution in [2.75, 3.05) is 18.4 Å². The van der Waals surface area contributed by atoms with Crippen molar-refractivity contribution in [2.45, 2.75) is 32.2 Å². The molecular weight excluding hydrogens is 348 g/mol. The second-order valence-corrected chi connectivity index (χ2v) is 6.09. The van der Waals surface area contributed by atoms with Gasteiger partial charge < -0.3 is 16.0 Å². The Morgan fingerprint density at radius 1 is 1.22 bits per heavy atom. The topological polar surface area (TPSA) is 108 Å². The number of para-hydroxylation sites is 1. The molecule has 27 heavy (non-hydrogen) atoms. The molecule has 5 amide bonds. The molecule has 1 aliphatic heterocycles. The number of rotatable bonds is 7. The van der Waals surface area contributed by atoms with Crippen LogP contribution in [0.1, 0.15) is 37.0 Å². The van der Waals surface area contributed by atoms with Crippen LogP contribution < -0.4 is 16.0 Å². The van der Waals surface area contributed by atoms with Gasteiger partial charge in [-0.1, -0.05) is 31.9 Å². The first-order chi connectivity index (χ1) is 12.9. The van der Waals surface area contributed by atoms with Crippen molar-refractivity contribution in [2.24, 2.45) is 0 Å². The Kier molecular flexibility index (Phi) is 6.19. The van der Waals surface area contributed by atoms with Crippen LogP contribution in [0.4, 0.5) is 10.5 Å². The predicted octanol–water partition coefficient (Wildman–Crippen LogP) is 1.10. The number of amides is 5. The lowest BCUT2D eigenvalue weighted by Gasteiger charge is -2.23. The van der Waals surface area contributed by atoms with Crippen LogP contribution in [0, 0.1) is 12.3 Å². The van der Waals surface area contributed by atoms with Gasteiger partial charge in [0.1, 0.15) is 12.1 Å². The van der Waals surface area contributed by atoms with E-state index in [1.165, 1.54) is 6.07 Å². The summed E-state index contributed by atoms with van der Waals surface area (Å²) in [7, 11) is 0. The maximum Gasteiger partial charge on any atom is 0.325 e. The minimum atomic E-state index is -0.968. The summed E-state index contributed by atoms with van der Waals surface area (Å²) >= 11 is 0. The highest BCUT2D eigenvalue weighted by Gasteiger charge is 2.49. The number of imide groups is 1. The van der Waals surface area contributed by atoms with E-state index in [-0.39, 0.29) is 17.8 Å². The Balaban J connectivity index is 2.11. The van der Waals surface area contributed by atoms with Crippen molar-refractivity contribution in [1.82, 2.24) is 15.5 Å². The number of carbonyl (C=O) groups is 4. The summed E-state index contributed by atoms with van der Waals surface area (Å²) < 4.78 is 0. The fourth-order valence-corrected chi connectivity index (χ4v) is 2.90. The van der Waals surface area contributed by atoms with Gasteiger partial charge in [-0.3, -0.25) is 19.3 Å². The van der Waals surface area contributed by atoms with E-state index in [1.54, 1.807) is 32.0 Å². The number of nitrogens with one attached hydrogen (secondary N) is 3. The normalized spacial score (nSPS) is 15.1. The summed E-state index contributed by atoms with van der Waals surface area (Å²) in [5, 5.41) is 7.76. The van der Waals surface area contributed by atoms with E-state index >= 15 is 0 Å². The molecular formula is C19H22N4O4. The molecule has 1 fully saturated rings. The molecule has 0 atom stereocenters. The van der Waals surface area contributed by atoms with Crippen LogP contribution in [0.25, 0.3) is 0 Å². The maximum atomic E-state index is 12.6. The molecule has 1 aromatic rings. The molecule has 8 heteroatoms. The van der Waals surface area contributed by atoms with E-state index < -0.39 is 35.8 Å². The van der Waals surface area contributed by atoms with Crippen molar-refractivity contribution in [3.8, 4) is 12.3 Å². The first-order valence-electron chi connectivity index (χ1n) is 8.63. The van der Waals surface area contributed by atoms with Gasteiger partial charge in [0.2, 0.25) is 5.91 Å². The summed E-state index contributed by atoms with van der Waals surface area (Å²) in [6.07, 6.45) is 6.00. The van der Waals surface area contributed by atoms with Gasteiger partial charge in [0.15, 0.2) is 0 Å². The molecule has 0 spiro atoms. The van der Waals surface area contributed by atoms with E-state index in [1.807, 2.05) is 0 Å². The number of hydrogen-bond acceptors (Lipinski definition) is 4. The van der Waals surface area contributed by atoms with Crippen LogP contribution in [0.15, 0.2) is 24.3 Å². The molecule has 1 heterocycles. The minimum Gasteiger partial charge on any atom is -0.341 e. The van der Waals surface area contributed by atoms with Gasteiger partial charge in [0.05, 0.1) is 17.8 Å². The minimum absolute atomic E-state index is 0.0552. The molecule has 0 unspecified atom stereocenters. The Hall–Kier alpha value is -3.34. The number of nitrogens with zero attached hydrogens (tertiary/aromatic N) is 1. The third-order valence-corrected chi connectivity index (χ3v) is 4.55. The smallest absolute Gasteiger partial charge is 0.325 e. The molecule has 0 aliphatic carbocycles. The van der Waals surface area contributed by atoms with Crippen molar-refractivity contribution in [3.63, 3.8) is 0 Å². The average Bonchev–Trinajstić information content (AvgIpc) is 2.91. The number of anilines is 1. The molecule has 1 saturated heterocycles. The second-order valence-electron chi connectivity index (χ2n) is 6.09. The summed E-state index contributed by atoms with van der Waals surface area (Å²) in [4.78, 5) is 50.1. The van der Waals surface area contributed by atoms with Crippen LogP contribution >= 0.6 is 0 Å². The zero-order chi connectivity index (χ0) is 20.0. The van der Waals surface area contributed by atoms with E-state index in [0.29, 0.717) is 12.8 Å². The Morgan fingerprint density at radius 3 is 2.48 bits per heavy atom. The Morgan fingerprint density at radius 2 is 1.89 bits per heavy atom. The van der Waals surface area contributed by atoms with Gasteiger partial charge in [-0.05, 0) is 25.0 Å². The first-order valence-corrected chi connectivity index (χ1v) is 8.63. The van der Waals surface area contributed by atoms with E-state index in [9.17, 15) is 19.2 Å². The number of benzene rings is 1. The number of terminal acetylenes is 1. The molecule has 8 nitrogen and oxygen atoms in total. The van der Waals surface area contributed by atoms with Crippen LogP contribution in [-0.2, 0) is 9.59 Å². The van der Waals surface area contributed by atoms with E-state index in [4.69, 9.17) is 6.42 Å². The zero-order valence-corrected chi connectivity index (χ0v) is 15.3. The summed E-state index contributed by atoms with van der Waals surface area (Å²) in [5.41, 5.74) is -0.472. The molecule has 1 aliphatic rings. The Bertz CT molecular complexity index is 808. The molecule has 3 N–H and O–H groups in total. The SMILES string of the molecule is C#CCNC(=O)c1ccccc1NC(=O)CN1C(=O)NC(CC)(CC)C1=O. The lowest BCUT2D eigenvalue weighted by Crippen LogP contribution is -2.46. The van der Waals surface area contributed by atoms with Gasteiger partial charge in [-0.25, -0.2) is 4.79 Å². The molecule has 1 aromatic carbocycles. The highest BCUT2D eigenvalue weighted by atomic mass is 16.2. The van der Waals surface area contributed by atoms with Crippen LogP contribution in [0.3, 0.4) is 0 Å². The van der Waals surface area contributed by atoms with E-state index in [0.717, 1.165) is 4.90 Å². The lowest BCUT2D eigenvalue weighted by atomic mass is 9.93. The van der Waals surface area contributed by atoms with Gasteiger partial charge in [0, 0.05) is 0 Å². The highest BCUT2D eigenvalue weighted by molar-refractivity contribution is 6.11. The van der Waals surface area contributed by atoms with Gasteiger partial charge >= 0.3 is 6.03 Å². The fourth-order valence-electron chi connectivity index (χ4n) is 2.90. The van der Waals surface area contributed by atoms with Gasteiger partial charge in [-0.15, -0.1) is 6.42 Å². The van der Waals surface area contributed by atoms with Crippen molar-refractivity contribution < 1.29 is 19.2 Å². The average molecular weight is 370 g/mol. The van der Waals surface area contributed by atoms with Gasteiger partial charge in [0.25, 0.3) is 11.8 Å². The molecule has 0 bridgehead atoms. The molecule has 0 radical (unpaired) electrons. The van der Waals surface area contributed by atoms with Gasteiger partial charge in [-0.2, -0.15) is 0 Å². The van der Waals surface area contributed by atoms with Crippen LogP contribution in [-0.4, -0.2) is 47.3 Å². The number of hydrogen-bond donors (Lipinski definition) is 3. The Labute approximate surface area is 157 Å². The zero-order valence-electron chi connectivity index (χ0n) is 15.3. The summed E-state index contributed by atoms with van der Waals surface area (Å²) in [5.74, 6) is 0.854. The first kappa shape index (κ1) is 20.0. The lowest BCUT2D eigenvalue weighted by molar-refractivity contribution is -0.134. The predicted molar refractivity (Wildman–Crippen MR) is 99.8 cm³/mol. The standard InChI is InChI=1S/C19H22N4O4/c1-4-11-20-16(25)13-9-7-8-10-14(13)21-15(24)12-23-17(26)19(5-2,6-3)22-18(23)27/h1,7-10H,5-6,11-12H2,2-3H3,(H,20,25)(H,21,24)(H,22,27). The third kappa shape index (κ3) is 4.08. The van der Waals surface area contributed by atoms with Crippen LogP contribution in [0.2, 0.25) is 0 Å². The van der Waals surface area contributed by atoms with E-state index in [2.05, 4.69) is 21.9 Å². The molecule has 142 valence electrons.